The number of urea groups is 1. The van der Waals surface area contributed by atoms with Gasteiger partial charge >= 0.3 is 12.1 Å². The highest BCUT2D eigenvalue weighted by Crippen LogP contribution is 2.31. The Labute approximate surface area is 208 Å². The maximum atomic E-state index is 12.2. The van der Waals surface area contributed by atoms with E-state index in [-0.39, 0.29) is 43.5 Å². The molecule has 0 saturated carbocycles. The maximum absolute atomic E-state index is 12.2. The molecule has 0 unspecified atom stereocenters. The minimum atomic E-state index is -0.560. The van der Waals surface area contributed by atoms with E-state index in [1.54, 1.807) is 18.6 Å². The zero-order chi connectivity index (χ0) is 23.9. The number of anilines is 1. The zero-order valence-corrected chi connectivity index (χ0v) is 20.0. The van der Waals surface area contributed by atoms with Gasteiger partial charge in [0.05, 0.1) is 6.04 Å². The summed E-state index contributed by atoms with van der Waals surface area (Å²) in [6.07, 6.45) is 5.66. The lowest BCUT2D eigenvalue weighted by Crippen LogP contribution is -2.33. The number of fused-ring (bicyclic) bond motifs is 1. The molecule has 1 saturated heterocycles. The summed E-state index contributed by atoms with van der Waals surface area (Å²) in [5, 5.41) is 12.6. The van der Waals surface area contributed by atoms with Gasteiger partial charge in [-0.3, -0.25) is 15.1 Å². The summed E-state index contributed by atoms with van der Waals surface area (Å²) >= 11 is 0. The van der Waals surface area contributed by atoms with Crippen molar-refractivity contribution in [3.05, 3.63) is 54.5 Å². The molecule has 3 heterocycles. The third-order valence-electron chi connectivity index (χ3n) is 5.49. The van der Waals surface area contributed by atoms with Crippen molar-refractivity contribution in [3.63, 3.8) is 0 Å². The van der Waals surface area contributed by atoms with E-state index in [0.29, 0.717) is 25.2 Å². The fourth-order valence-electron chi connectivity index (χ4n) is 3.82. The van der Waals surface area contributed by atoms with E-state index in [9.17, 15) is 14.4 Å². The Kier molecular flexibility index (Phi) is 8.80. The van der Waals surface area contributed by atoms with Gasteiger partial charge in [-0.15, -0.1) is 12.4 Å². The molecule has 1 aromatic carbocycles. The second kappa shape index (κ2) is 12.0. The summed E-state index contributed by atoms with van der Waals surface area (Å²) in [6, 6.07) is 9.03. The van der Waals surface area contributed by atoms with Gasteiger partial charge in [0, 0.05) is 43.5 Å². The SMILES string of the molecule is CCNC(=O)Nc1cc2c(-c3ccncc3)ccc(CNC(=O)OC[C@@H]3CCC(=O)N3)c2cn1.Cl. The molecule has 1 aliphatic rings. The molecule has 0 aliphatic carbocycles. The van der Waals surface area contributed by atoms with Crippen LogP contribution in [-0.2, 0) is 16.1 Å². The van der Waals surface area contributed by atoms with Crippen molar-refractivity contribution >= 4 is 47.0 Å². The van der Waals surface area contributed by atoms with E-state index < -0.39 is 6.09 Å². The van der Waals surface area contributed by atoms with E-state index in [4.69, 9.17) is 4.74 Å². The molecule has 11 heteroatoms. The van der Waals surface area contributed by atoms with Gasteiger partial charge in [-0.1, -0.05) is 12.1 Å². The van der Waals surface area contributed by atoms with Gasteiger partial charge in [0.1, 0.15) is 12.4 Å². The molecule has 3 aromatic rings. The lowest BCUT2D eigenvalue weighted by Gasteiger charge is -2.15. The second-order valence-electron chi connectivity index (χ2n) is 7.86. The summed E-state index contributed by atoms with van der Waals surface area (Å²) in [4.78, 5) is 43.9. The molecule has 2 aromatic heterocycles. The number of hydrogen-bond donors (Lipinski definition) is 4. The van der Waals surface area contributed by atoms with Crippen molar-refractivity contribution in [2.45, 2.75) is 32.4 Å². The molecule has 184 valence electrons. The molecular formula is C24H27ClN6O4. The maximum Gasteiger partial charge on any atom is 0.407 e. The Bertz CT molecular complexity index is 1210. The van der Waals surface area contributed by atoms with Crippen molar-refractivity contribution in [2.75, 3.05) is 18.5 Å². The van der Waals surface area contributed by atoms with Gasteiger partial charge in [0.15, 0.2) is 0 Å². The standard InChI is InChI=1S/C24H26N6O4.ClH/c1-2-26-23(32)30-21-11-19-18(15-7-9-25-10-8-15)5-3-16(20(19)13-27-21)12-28-24(33)34-14-17-4-6-22(31)29-17;/h3,5,7-11,13,17H,2,4,6,12,14H2,1H3,(H,28,33)(H,29,31)(H2,26,27,30,32);1H/t17-;/m0./s1. The number of aromatic nitrogens is 2. The number of nitrogens with one attached hydrogen (secondary N) is 4. The number of pyridine rings is 2. The van der Waals surface area contributed by atoms with Crippen LogP contribution in [0.25, 0.3) is 21.9 Å². The van der Waals surface area contributed by atoms with Gasteiger partial charge in [-0.05, 0) is 53.6 Å². The van der Waals surface area contributed by atoms with Crippen LogP contribution in [0.5, 0.6) is 0 Å². The molecule has 1 atom stereocenters. The van der Waals surface area contributed by atoms with Gasteiger partial charge in [-0.25, -0.2) is 14.6 Å². The molecule has 35 heavy (non-hydrogen) atoms. The predicted molar refractivity (Wildman–Crippen MR) is 134 cm³/mol. The van der Waals surface area contributed by atoms with Crippen molar-refractivity contribution in [1.29, 1.82) is 0 Å². The average molecular weight is 499 g/mol. The lowest BCUT2D eigenvalue weighted by atomic mass is 9.96. The molecule has 10 nitrogen and oxygen atoms in total. The van der Waals surface area contributed by atoms with Gasteiger partial charge in [0.2, 0.25) is 5.91 Å². The zero-order valence-electron chi connectivity index (χ0n) is 19.2. The molecule has 0 bridgehead atoms. The highest BCUT2D eigenvalue weighted by molar-refractivity contribution is 6.00. The molecule has 4 rings (SSSR count). The smallest absolute Gasteiger partial charge is 0.407 e. The number of rotatable bonds is 7. The molecule has 1 fully saturated rings. The van der Waals surface area contributed by atoms with Crippen LogP contribution in [0.1, 0.15) is 25.3 Å². The number of carbonyl (C=O) groups excluding carboxylic acids is 3. The van der Waals surface area contributed by atoms with E-state index in [1.807, 2.05) is 37.3 Å². The Morgan fingerprint density at radius 1 is 1.14 bits per heavy atom. The van der Waals surface area contributed by atoms with Crippen molar-refractivity contribution in [3.8, 4) is 11.1 Å². The van der Waals surface area contributed by atoms with E-state index >= 15 is 0 Å². The van der Waals surface area contributed by atoms with E-state index in [2.05, 4.69) is 31.2 Å². The molecule has 4 amide bonds. The molecule has 0 radical (unpaired) electrons. The number of ether oxygens (including phenoxy) is 1. The molecule has 1 aliphatic heterocycles. The predicted octanol–water partition coefficient (Wildman–Crippen LogP) is 3.36. The largest absolute Gasteiger partial charge is 0.447 e. The number of alkyl carbamates (subject to hydrolysis) is 1. The van der Waals surface area contributed by atoms with E-state index in [1.165, 1.54) is 0 Å². The van der Waals surface area contributed by atoms with Crippen LogP contribution in [0.15, 0.2) is 48.9 Å². The third kappa shape index (κ3) is 6.57. The number of carbonyl (C=O) groups is 3. The number of amides is 4. The summed E-state index contributed by atoms with van der Waals surface area (Å²) < 4.78 is 5.25. The number of hydrogen-bond acceptors (Lipinski definition) is 6. The van der Waals surface area contributed by atoms with Crippen LogP contribution in [0.2, 0.25) is 0 Å². The van der Waals surface area contributed by atoms with Crippen molar-refractivity contribution in [2.24, 2.45) is 0 Å². The summed E-state index contributed by atoms with van der Waals surface area (Å²) in [5.41, 5.74) is 2.76. The first-order chi connectivity index (χ1) is 16.5. The summed E-state index contributed by atoms with van der Waals surface area (Å²) in [7, 11) is 0. The van der Waals surface area contributed by atoms with Gasteiger partial charge in [0.25, 0.3) is 0 Å². The van der Waals surface area contributed by atoms with Crippen LogP contribution >= 0.6 is 12.4 Å². The van der Waals surface area contributed by atoms with Crippen LogP contribution in [-0.4, -0.2) is 47.2 Å². The minimum absolute atomic E-state index is 0. The monoisotopic (exact) mass is 498 g/mol. The topological polar surface area (TPSA) is 134 Å². The first-order valence-corrected chi connectivity index (χ1v) is 11.1. The highest BCUT2D eigenvalue weighted by Gasteiger charge is 2.22. The quantitative estimate of drug-likeness (QED) is 0.394. The normalized spacial score (nSPS) is 14.5. The van der Waals surface area contributed by atoms with Crippen LogP contribution in [0.4, 0.5) is 15.4 Å². The molecular weight excluding hydrogens is 472 g/mol. The Morgan fingerprint density at radius 2 is 1.94 bits per heavy atom. The van der Waals surface area contributed by atoms with Crippen LogP contribution in [0.3, 0.4) is 0 Å². The summed E-state index contributed by atoms with van der Waals surface area (Å²) in [6.45, 7) is 2.70. The first-order valence-electron chi connectivity index (χ1n) is 11.1. The summed E-state index contributed by atoms with van der Waals surface area (Å²) in [5.74, 6) is 0.389. The van der Waals surface area contributed by atoms with Gasteiger partial charge < -0.3 is 20.7 Å². The van der Waals surface area contributed by atoms with E-state index in [0.717, 1.165) is 27.5 Å². The Morgan fingerprint density at radius 3 is 2.66 bits per heavy atom. The van der Waals surface area contributed by atoms with Gasteiger partial charge in [-0.2, -0.15) is 0 Å². The highest BCUT2D eigenvalue weighted by atomic mass is 35.5. The minimum Gasteiger partial charge on any atom is -0.447 e. The van der Waals surface area contributed by atoms with Crippen LogP contribution in [0, 0.1) is 0 Å². The number of benzene rings is 1. The molecule has 0 spiro atoms. The lowest BCUT2D eigenvalue weighted by molar-refractivity contribution is -0.119. The first kappa shape index (κ1) is 25.7. The number of nitrogens with zero attached hydrogens (tertiary/aromatic N) is 2. The molecule has 4 N–H and O–H groups in total. The number of halogens is 1. The van der Waals surface area contributed by atoms with Crippen molar-refractivity contribution < 1.29 is 19.1 Å². The third-order valence-corrected chi connectivity index (χ3v) is 5.49. The fraction of sp³-hybridized carbons (Fsp3) is 0.292. The second-order valence-corrected chi connectivity index (χ2v) is 7.86. The Hall–Kier alpha value is -3.92. The Balaban J connectivity index is 0.00000342. The average Bonchev–Trinajstić information content (AvgIpc) is 3.26. The fourth-order valence-corrected chi connectivity index (χ4v) is 3.82. The van der Waals surface area contributed by atoms with Crippen molar-refractivity contribution in [1.82, 2.24) is 25.9 Å². The van der Waals surface area contributed by atoms with Crippen LogP contribution < -0.4 is 21.3 Å².